The summed E-state index contributed by atoms with van der Waals surface area (Å²) in [6, 6.07) is 8.02. The van der Waals surface area contributed by atoms with Crippen LogP contribution in [0.4, 0.5) is 5.95 Å². The van der Waals surface area contributed by atoms with Gasteiger partial charge in [0.1, 0.15) is 11.4 Å². The fraction of sp³-hybridized carbons (Fsp3) is 0.286. The monoisotopic (exact) mass is 434 g/mol. The number of hydrogen-bond donors (Lipinski definition) is 4. The summed E-state index contributed by atoms with van der Waals surface area (Å²) >= 11 is 0. The van der Waals surface area contributed by atoms with Crippen molar-refractivity contribution in [2.24, 2.45) is 4.99 Å². The molecule has 1 aromatic carbocycles. The van der Waals surface area contributed by atoms with Gasteiger partial charge in [-0.15, -0.1) is 0 Å². The zero-order valence-corrected chi connectivity index (χ0v) is 17.4. The van der Waals surface area contributed by atoms with Gasteiger partial charge in [0.05, 0.1) is 18.8 Å². The highest BCUT2D eigenvalue weighted by Crippen LogP contribution is 2.22. The Kier molecular flexibility index (Phi) is 5.06. The van der Waals surface area contributed by atoms with Crippen LogP contribution in [0.25, 0.3) is 11.7 Å². The van der Waals surface area contributed by atoms with E-state index in [-0.39, 0.29) is 17.6 Å². The SMILES string of the molecule is CCOc1ccccc1CNc1nc(=NC2CC2)n2nc/c(=C\c3[nH]c(=O)[nH]c3O)c2n1. The number of aromatic amines is 2. The molecule has 0 radical (unpaired) electrons. The zero-order valence-electron chi connectivity index (χ0n) is 17.4. The highest BCUT2D eigenvalue weighted by atomic mass is 16.5. The second-order valence-electron chi connectivity index (χ2n) is 7.42. The number of hydrogen-bond acceptors (Lipinski definition) is 8. The van der Waals surface area contributed by atoms with E-state index < -0.39 is 5.69 Å². The van der Waals surface area contributed by atoms with E-state index in [0.717, 1.165) is 24.2 Å². The molecule has 4 aromatic rings. The first-order valence-corrected chi connectivity index (χ1v) is 10.4. The lowest BCUT2D eigenvalue weighted by Gasteiger charge is -2.11. The molecule has 11 nitrogen and oxygen atoms in total. The molecule has 1 fully saturated rings. The molecule has 1 saturated carbocycles. The average Bonchev–Trinajstić information content (AvgIpc) is 3.42. The smallest absolute Gasteiger partial charge is 0.326 e. The number of imidazole rings is 1. The lowest BCUT2D eigenvalue weighted by Crippen LogP contribution is -2.24. The standard InChI is InChI=1S/C21H22N8O3/c1-2-32-16-6-4-3-5-12(16)10-22-19-26-17-13(9-15-18(30)27-21(31)25-15)11-23-29(17)20(28-19)24-14-7-8-14/h3-6,9,11,14,30H,2,7-8,10H2,1H3,(H,22,24,28)(H2,25,27,31)/b13-9+. The van der Waals surface area contributed by atoms with E-state index >= 15 is 0 Å². The number of aromatic hydroxyl groups is 1. The van der Waals surface area contributed by atoms with E-state index in [9.17, 15) is 9.90 Å². The lowest BCUT2D eigenvalue weighted by atomic mass is 10.2. The summed E-state index contributed by atoms with van der Waals surface area (Å²) in [4.78, 5) is 30.1. The van der Waals surface area contributed by atoms with Crippen LogP contribution < -0.4 is 26.6 Å². The lowest BCUT2D eigenvalue weighted by molar-refractivity contribution is 0.337. The molecule has 0 amide bonds. The fourth-order valence-corrected chi connectivity index (χ4v) is 3.28. The topological polar surface area (TPSA) is 146 Å². The summed E-state index contributed by atoms with van der Waals surface area (Å²) < 4.78 is 7.25. The van der Waals surface area contributed by atoms with Crippen molar-refractivity contribution in [2.45, 2.75) is 32.4 Å². The van der Waals surface area contributed by atoms with Gasteiger partial charge in [0.15, 0.2) is 5.65 Å². The molecule has 1 aliphatic rings. The highest BCUT2D eigenvalue weighted by molar-refractivity contribution is 5.57. The van der Waals surface area contributed by atoms with Crippen LogP contribution in [0.2, 0.25) is 0 Å². The number of H-pyrrole nitrogens is 2. The maximum atomic E-state index is 11.5. The van der Waals surface area contributed by atoms with Crippen LogP contribution in [0.15, 0.2) is 40.2 Å². The van der Waals surface area contributed by atoms with E-state index in [4.69, 9.17) is 4.74 Å². The molecule has 0 spiro atoms. The van der Waals surface area contributed by atoms with Gasteiger partial charge >= 0.3 is 5.69 Å². The average molecular weight is 434 g/mol. The molecule has 0 aliphatic heterocycles. The van der Waals surface area contributed by atoms with Crippen LogP contribution in [0.3, 0.4) is 0 Å². The Hall–Kier alpha value is -4.15. The van der Waals surface area contributed by atoms with Gasteiger partial charge in [-0.3, -0.25) is 4.98 Å². The Bertz CT molecular complexity index is 1450. The first-order chi connectivity index (χ1) is 15.6. The Morgan fingerprint density at radius 1 is 1.31 bits per heavy atom. The minimum absolute atomic E-state index is 0.237. The minimum Gasteiger partial charge on any atom is -0.494 e. The number of fused-ring (bicyclic) bond motifs is 1. The third kappa shape index (κ3) is 4.04. The number of para-hydroxylation sites is 1. The molecule has 1 aliphatic carbocycles. The van der Waals surface area contributed by atoms with Crippen molar-refractivity contribution < 1.29 is 9.84 Å². The quantitative estimate of drug-likeness (QED) is 0.331. The normalized spacial score (nSPS) is 14.9. The Morgan fingerprint density at radius 3 is 2.91 bits per heavy atom. The van der Waals surface area contributed by atoms with Crippen molar-refractivity contribution in [2.75, 3.05) is 11.9 Å². The van der Waals surface area contributed by atoms with Gasteiger partial charge in [-0.05, 0) is 31.9 Å². The van der Waals surface area contributed by atoms with Gasteiger partial charge in [-0.25, -0.2) is 9.79 Å². The molecule has 32 heavy (non-hydrogen) atoms. The van der Waals surface area contributed by atoms with Crippen LogP contribution in [0.5, 0.6) is 11.6 Å². The molecular weight excluding hydrogens is 412 g/mol. The third-order valence-electron chi connectivity index (χ3n) is 4.97. The maximum absolute atomic E-state index is 11.5. The van der Waals surface area contributed by atoms with Crippen molar-refractivity contribution in [3.05, 3.63) is 63.0 Å². The Labute approximate surface area is 181 Å². The summed E-state index contributed by atoms with van der Waals surface area (Å²) in [7, 11) is 0. The van der Waals surface area contributed by atoms with E-state index in [1.165, 1.54) is 0 Å². The van der Waals surface area contributed by atoms with Gasteiger partial charge in [-0.1, -0.05) is 18.2 Å². The number of nitrogens with one attached hydrogen (secondary N) is 3. The second-order valence-corrected chi connectivity index (χ2v) is 7.42. The molecule has 0 atom stereocenters. The van der Waals surface area contributed by atoms with Crippen LogP contribution in [-0.4, -0.2) is 47.3 Å². The Balaban J connectivity index is 1.56. The van der Waals surface area contributed by atoms with Crippen molar-refractivity contribution >= 4 is 17.7 Å². The molecule has 4 N–H and O–H groups in total. The van der Waals surface area contributed by atoms with Gasteiger partial charge in [0, 0.05) is 17.3 Å². The number of rotatable bonds is 7. The van der Waals surface area contributed by atoms with Gasteiger partial charge in [0.2, 0.25) is 11.8 Å². The third-order valence-corrected chi connectivity index (χ3v) is 4.97. The van der Waals surface area contributed by atoms with Crippen LogP contribution in [0, 0.1) is 0 Å². The minimum atomic E-state index is -0.500. The first kappa shape index (κ1) is 19.8. The molecular formula is C21H22N8O3. The molecule has 0 unspecified atom stereocenters. The van der Waals surface area contributed by atoms with Gasteiger partial charge in [-0.2, -0.15) is 19.6 Å². The van der Waals surface area contributed by atoms with E-state index in [1.807, 2.05) is 31.2 Å². The summed E-state index contributed by atoms with van der Waals surface area (Å²) in [5, 5.41) is 18.1. The molecule has 3 heterocycles. The second kappa shape index (κ2) is 8.17. The molecule has 0 bridgehead atoms. The maximum Gasteiger partial charge on any atom is 0.326 e. The predicted octanol–water partition coefficient (Wildman–Crippen LogP) is 0.468. The molecule has 3 aromatic heterocycles. The number of benzene rings is 1. The molecule has 164 valence electrons. The van der Waals surface area contributed by atoms with Crippen molar-refractivity contribution in [3.8, 4) is 11.6 Å². The largest absolute Gasteiger partial charge is 0.494 e. The van der Waals surface area contributed by atoms with E-state index in [1.54, 1.807) is 16.8 Å². The van der Waals surface area contributed by atoms with E-state index in [0.29, 0.717) is 35.6 Å². The summed E-state index contributed by atoms with van der Waals surface area (Å²) in [6.45, 7) is 2.99. The Morgan fingerprint density at radius 2 is 2.16 bits per heavy atom. The number of anilines is 1. The number of nitrogens with zero attached hydrogens (tertiary/aromatic N) is 5. The van der Waals surface area contributed by atoms with Gasteiger partial charge in [0.25, 0.3) is 5.62 Å². The first-order valence-electron chi connectivity index (χ1n) is 10.4. The number of ether oxygens (including phenoxy) is 1. The summed E-state index contributed by atoms with van der Waals surface area (Å²) in [5.41, 5.74) is 1.67. The number of aromatic nitrogens is 6. The fourth-order valence-electron chi connectivity index (χ4n) is 3.28. The van der Waals surface area contributed by atoms with Gasteiger partial charge < -0.3 is 20.1 Å². The zero-order chi connectivity index (χ0) is 22.1. The highest BCUT2D eigenvalue weighted by Gasteiger charge is 2.21. The molecule has 11 heteroatoms. The molecule has 0 saturated heterocycles. The van der Waals surface area contributed by atoms with Crippen LogP contribution in [0.1, 0.15) is 31.0 Å². The summed E-state index contributed by atoms with van der Waals surface area (Å²) in [6.07, 6.45) is 5.23. The summed E-state index contributed by atoms with van der Waals surface area (Å²) in [5.74, 6) is 0.944. The predicted molar refractivity (Wildman–Crippen MR) is 116 cm³/mol. The van der Waals surface area contributed by atoms with Crippen molar-refractivity contribution in [1.82, 2.24) is 29.5 Å². The van der Waals surface area contributed by atoms with Crippen LogP contribution in [-0.2, 0) is 6.54 Å². The van der Waals surface area contributed by atoms with Crippen LogP contribution >= 0.6 is 0 Å². The molecule has 5 rings (SSSR count). The van der Waals surface area contributed by atoms with Crippen molar-refractivity contribution in [1.29, 1.82) is 0 Å². The van der Waals surface area contributed by atoms with E-state index in [2.05, 4.69) is 35.3 Å². The van der Waals surface area contributed by atoms with Crippen molar-refractivity contribution in [3.63, 3.8) is 0 Å².